The second-order valence-electron chi connectivity index (χ2n) is 3.65. The van der Waals surface area contributed by atoms with E-state index in [0.29, 0.717) is 6.54 Å². The van der Waals surface area contributed by atoms with Crippen molar-refractivity contribution >= 4 is 28.8 Å². The molecule has 0 saturated carbocycles. The first-order valence-corrected chi connectivity index (χ1v) is 6.36. The quantitative estimate of drug-likeness (QED) is 0.924. The maximum absolute atomic E-state index is 5.90. The van der Waals surface area contributed by atoms with E-state index in [2.05, 4.69) is 10.2 Å². The maximum Gasteiger partial charge on any atom is 0.155 e. The number of nitrogens with two attached hydrogens (primary N) is 1. The predicted molar refractivity (Wildman–Crippen MR) is 71.4 cm³/mol. The maximum atomic E-state index is 5.90. The highest BCUT2D eigenvalue weighted by atomic mass is 35.5. The molecule has 0 saturated heterocycles. The molecule has 0 aromatic carbocycles. The summed E-state index contributed by atoms with van der Waals surface area (Å²) < 4.78 is 0.798. The summed E-state index contributed by atoms with van der Waals surface area (Å²) in [6, 6.07) is 5.80. The second kappa shape index (κ2) is 5.44. The molecule has 0 radical (unpaired) electrons. The highest BCUT2D eigenvalue weighted by Crippen LogP contribution is 2.24. The van der Waals surface area contributed by atoms with Crippen LogP contribution in [0, 0.1) is 0 Å². The molecule has 17 heavy (non-hydrogen) atoms. The fraction of sp³-hybridized carbons (Fsp3) is 0.273. The number of aromatic nitrogens is 2. The third-order valence-electron chi connectivity index (χ3n) is 2.39. The summed E-state index contributed by atoms with van der Waals surface area (Å²) in [7, 11) is 1.97. The van der Waals surface area contributed by atoms with Gasteiger partial charge in [-0.3, -0.25) is 0 Å². The summed E-state index contributed by atoms with van der Waals surface area (Å²) in [6.45, 7) is 1.21. The van der Waals surface area contributed by atoms with E-state index >= 15 is 0 Å². The van der Waals surface area contributed by atoms with Crippen LogP contribution in [0.2, 0.25) is 4.34 Å². The Balaban J connectivity index is 2.16. The summed E-state index contributed by atoms with van der Waals surface area (Å²) in [5.41, 5.74) is 6.66. The molecule has 0 atom stereocenters. The lowest BCUT2D eigenvalue weighted by atomic mass is 10.2. The molecule has 0 spiro atoms. The average Bonchev–Trinajstić information content (AvgIpc) is 2.74. The van der Waals surface area contributed by atoms with Gasteiger partial charge in [-0.15, -0.1) is 16.4 Å². The molecule has 0 unspecified atom stereocenters. The van der Waals surface area contributed by atoms with Crippen LogP contribution in [0.15, 0.2) is 24.4 Å². The largest absolute Gasteiger partial charge is 0.353 e. The Morgan fingerprint density at radius 2 is 2.24 bits per heavy atom. The first kappa shape index (κ1) is 12.3. The summed E-state index contributed by atoms with van der Waals surface area (Å²) in [6.07, 6.45) is 1.65. The summed E-state index contributed by atoms with van der Waals surface area (Å²) >= 11 is 7.47. The van der Waals surface area contributed by atoms with Gasteiger partial charge in [0, 0.05) is 24.0 Å². The zero-order valence-corrected chi connectivity index (χ0v) is 11.0. The summed E-state index contributed by atoms with van der Waals surface area (Å²) in [5.74, 6) is 0.819. The lowest BCUT2D eigenvalue weighted by Crippen LogP contribution is -2.20. The van der Waals surface area contributed by atoms with Crippen molar-refractivity contribution in [1.82, 2.24) is 10.2 Å². The van der Waals surface area contributed by atoms with Gasteiger partial charge >= 0.3 is 0 Å². The fourth-order valence-electron chi connectivity index (χ4n) is 1.58. The minimum atomic E-state index is 0.459. The monoisotopic (exact) mass is 268 g/mol. The van der Waals surface area contributed by atoms with Gasteiger partial charge in [-0.25, -0.2) is 0 Å². The SMILES string of the molecule is CN(Cc1ccc(Cl)s1)c1nnccc1CN. The first-order chi connectivity index (χ1) is 8.20. The molecule has 2 aromatic rings. The number of halogens is 1. The first-order valence-electron chi connectivity index (χ1n) is 5.16. The minimum absolute atomic E-state index is 0.459. The molecule has 0 aliphatic rings. The third kappa shape index (κ3) is 2.94. The van der Waals surface area contributed by atoms with Crippen LogP contribution in [0.1, 0.15) is 10.4 Å². The Morgan fingerprint density at radius 1 is 1.41 bits per heavy atom. The number of thiophene rings is 1. The molecule has 0 aliphatic heterocycles. The normalized spacial score (nSPS) is 10.5. The molecule has 2 aromatic heterocycles. The molecular weight excluding hydrogens is 256 g/mol. The highest BCUT2D eigenvalue weighted by Gasteiger charge is 2.09. The van der Waals surface area contributed by atoms with Gasteiger partial charge in [-0.2, -0.15) is 5.10 Å². The molecule has 0 aliphatic carbocycles. The van der Waals surface area contributed by atoms with Crippen LogP contribution >= 0.6 is 22.9 Å². The van der Waals surface area contributed by atoms with E-state index in [4.69, 9.17) is 17.3 Å². The predicted octanol–water partition coefficient (Wildman–Crippen LogP) is 2.29. The van der Waals surface area contributed by atoms with Crippen LogP contribution in [-0.2, 0) is 13.1 Å². The standard InChI is InChI=1S/C11H13ClN4S/c1-16(7-9-2-3-10(12)17-9)11-8(6-13)4-5-14-15-11/h2-5H,6-7,13H2,1H3. The molecular formula is C11H13ClN4S. The van der Waals surface area contributed by atoms with Gasteiger partial charge in [-0.1, -0.05) is 11.6 Å². The lowest BCUT2D eigenvalue weighted by Gasteiger charge is -2.18. The van der Waals surface area contributed by atoms with Gasteiger partial charge in [-0.05, 0) is 18.2 Å². The van der Waals surface area contributed by atoms with E-state index in [1.54, 1.807) is 17.5 Å². The topological polar surface area (TPSA) is 55.0 Å². The van der Waals surface area contributed by atoms with Crippen molar-refractivity contribution in [3.05, 3.63) is 39.2 Å². The molecule has 90 valence electrons. The van der Waals surface area contributed by atoms with Gasteiger partial charge < -0.3 is 10.6 Å². The van der Waals surface area contributed by atoms with Crippen molar-refractivity contribution in [2.45, 2.75) is 13.1 Å². The van der Waals surface area contributed by atoms with Crippen LogP contribution < -0.4 is 10.6 Å². The van der Waals surface area contributed by atoms with Crippen molar-refractivity contribution < 1.29 is 0 Å². The zero-order chi connectivity index (χ0) is 12.3. The van der Waals surface area contributed by atoms with E-state index in [0.717, 1.165) is 22.3 Å². The van der Waals surface area contributed by atoms with Gasteiger partial charge in [0.15, 0.2) is 5.82 Å². The van der Waals surface area contributed by atoms with E-state index in [1.807, 2.05) is 30.1 Å². The fourth-order valence-corrected chi connectivity index (χ4v) is 2.72. The molecule has 0 fully saturated rings. The molecule has 6 heteroatoms. The van der Waals surface area contributed by atoms with Crippen molar-refractivity contribution in [3.63, 3.8) is 0 Å². The minimum Gasteiger partial charge on any atom is -0.353 e. The van der Waals surface area contributed by atoms with E-state index in [9.17, 15) is 0 Å². The van der Waals surface area contributed by atoms with E-state index in [-0.39, 0.29) is 0 Å². The molecule has 2 rings (SSSR count). The summed E-state index contributed by atoms with van der Waals surface area (Å²) in [4.78, 5) is 3.21. The molecule has 2 heterocycles. The Bertz CT molecular complexity index is 500. The Hall–Kier alpha value is -1.17. The molecule has 2 N–H and O–H groups in total. The van der Waals surface area contributed by atoms with Gasteiger partial charge in [0.05, 0.1) is 17.1 Å². The number of hydrogen-bond donors (Lipinski definition) is 1. The van der Waals surface area contributed by atoms with Crippen LogP contribution in [0.3, 0.4) is 0 Å². The van der Waals surface area contributed by atoms with Gasteiger partial charge in [0.1, 0.15) is 0 Å². The zero-order valence-electron chi connectivity index (χ0n) is 9.43. The molecule has 0 amide bonds. The lowest BCUT2D eigenvalue weighted by molar-refractivity contribution is 0.851. The number of anilines is 1. The number of hydrogen-bond acceptors (Lipinski definition) is 5. The Kier molecular flexibility index (Phi) is 3.93. The smallest absolute Gasteiger partial charge is 0.155 e. The van der Waals surface area contributed by atoms with Crippen LogP contribution in [0.4, 0.5) is 5.82 Å². The highest BCUT2D eigenvalue weighted by molar-refractivity contribution is 7.16. The van der Waals surface area contributed by atoms with Crippen LogP contribution in [-0.4, -0.2) is 17.2 Å². The third-order valence-corrected chi connectivity index (χ3v) is 3.60. The Morgan fingerprint density at radius 3 is 2.88 bits per heavy atom. The van der Waals surface area contributed by atoms with Crippen LogP contribution in [0.5, 0.6) is 0 Å². The van der Waals surface area contributed by atoms with E-state index in [1.165, 1.54) is 4.88 Å². The van der Waals surface area contributed by atoms with Gasteiger partial charge in [0.25, 0.3) is 0 Å². The molecule has 0 bridgehead atoms. The average molecular weight is 269 g/mol. The van der Waals surface area contributed by atoms with Gasteiger partial charge in [0.2, 0.25) is 0 Å². The van der Waals surface area contributed by atoms with Crippen LogP contribution in [0.25, 0.3) is 0 Å². The van der Waals surface area contributed by atoms with Crippen molar-refractivity contribution in [3.8, 4) is 0 Å². The van der Waals surface area contributed by atoms with Crippen molar-refractivity contribution in [2.75, 3.05) is 11.9 Å². The van der Waals surface area contributed by atoms with Crippen molar-refractivity contribution in [2.24, 2.45) is 5.73 Å². The number of nitrogens with zero attached hydrogens (tertiary/aromatic N) is 3. The summed E-state index contributed by atoms with van der Waals surface area (Å²) in [5, 5.41) is 8.01. The Labute approximate surface area is 109 Å². The van der Waals surface area contributed by atoms with Crippen molar-refractivity contribution in [1.29, 1.82) is 0 Å². The number of rotatable bonds is 4. The molecule has 4 nitrogen and oxygen atoms in total. The second-order valence-corrected chi connectivity index (χ2v) is 5.45. The van der Waals surface area contributed by atoms with E-state index < -0.39 is 0 Å².